The molecular formula is C27H35N5O4. The van der Waals surface area contributed by atoms with Gasteiger partial charge in [-0.1, -0.05) is 42.5 Å². The average molecular weight is 494 g/mol. The fourth-order valence-corrected chi connectivity index (χ4v) is 4.49. The normalized spacial score (nSPS) is 18.0. The number of nitrogens with zero attached hydrogens (tertiary/aromatic N) is 4. The van der Waals surface area contributed by atoms with E-state index in [1.165, 1.54) is 0 Å². The zero-order chi connectivity index (χ0) is 25.3. The SMILES string of the molecule is CCNC(=O)N(CCN1CCOCC1)CC(=O)N1N=C(c2cccc(OC)c2)CC1c1ccccc1. The van der Waals surface area contributed by atoms with Crippen molar-refractivity contribution in [2.24, 2.45) is 5.10 Å². The maximum absolute atomic E-state index is 13.6. The standard InChI is InChI=1S/C27H35N5O4/c1-3-28-27(34)31(13-12-30-14-16-36-17-15-30)20-26(33)32-25(21-8-5-4-6-9-21)19-24(29-32)22-10-7-11-23(18-22)35-2/h4-11,18,25H,3,12-17,19-20H2,1-2H3,(H,28,34). The van der Waals surface area contributed by atoms with Crippen molar-refractivity contribution in [3.05, 3.63) is 65.7 Å². The Hall–Kier alpha value is -3.43. The number of rotatable bonds is 9. The zero-order valence-electron chi connectivity index (χ0n) is 21.1. The molecule has 0 bridgehead atoms. The van der Waals surface area contributed by atoms with Gasteiger partial charge in [-0.15, -0.1) is 0 Å². The number of hydrogen-bond acceptors (Lipinski definition) is 6. The molecule has 4 rings (SSSR count). The van der Waals surface area contributed by atoms with Gasteiger partial charge in [0, 0.05) is 44.7 Å². The number of urea groups is 1. The van der Waals surface area contributed by atoms with Gasteiger partial charge in [0.1, 0.15) is 12.3 Å². The van der Waals surface area contributed by atoms with E-state index in [4.69, 9.17) is 14.6 Å². The predicted molar refractivity (Wildman–Crippen MR) is 138 cm³/mol. The Morgan fingerprint density at radius 2 is 1.92 bits per heavy atom. The Kier molecular flexibility index (Phi) is 8.91. The van der Waals surface area contributed by atoms with E-state index < -0.39 is 0 Å². The molecule has 1 unspecified atom stereocenters. The van der Waals surface area contributed by atoms with E-state index in [9.17, 15) is 9.59 Å². The van der Waals surface area contributed by atoms with Crippen LogP contribution >= 0.6 is 0 Å². The Bertz CT molecular complexity index is 1060. The quantitative estimate of drug-likeness (QED) is 0.581. The highest BCUT2D eigenvalue weighted by Crippen LogP contribution is 2.33. The van der Waals surface area contributed by atoms with Gasteiger partial charge >= 0.3 is 6.03 Å². The Morgan fingerprint density at radius 1 is 1.14 bits per heavy atom. The summed E-state index contributed by atoms with van der Waals surface area (Å²) in [5.41, 5.74) is 2.73. The number of carbonyl (C=O) groups excluding carboxylic acids is 2. The third-order valence-corrected chi connectivity index (χ3v) is 6.48. The van der Waals surface area contributed by atoms with Crippen molar-refractivity contribution in [2.45, 2.75) is 19.4 Å². The van der Waals surface area contributed by atoms with E-state index in [0.29, 0.717) is 39.3 Å². The second-order valence-corrected chi connectivity index (χ2v) is 8.86. The van der Waals surface area contributed by atoms with Crippen LogP contribution in [0.5, 0.6) is 5.75 Å². The minimum atomic E-state index is -0.244. The Labute approximate surface area is 212 Å². The number of methoxy groups -OCH3 is 1. The highest BCUT2D eigenvalue weighted by atomic mass is 16.5. The van der Waals surface area contributed by atoms with Crippen LogP contribution in [0.15, 0.2) is 59.7 Å². The molecule has 2 aromatic carbocycles. The molecule has 0 spiro atoms. The topological polar surface area (TPSA) is 86.7 Å². The first-order valence-corrected chi connectivity index (χ1v) is 12.5. The lowest BCUT2D eigenvalue weighted by Crippen LogP contribution is -2.49. The van der Waals surface area contributed by atoms with Crippen LogP contribution in [0, 0.1) is 0 Å². The summed E-state index contributed by atoms with van der Waals surface area (Å²) in [6, 6.07) is 17.1. The minimum absolute atomic E-state index is 0.0472. The van der Waals surface area contributed by atoms with E-state index in [1.54, 1.807) is 17.0 Å². The Morgan fingerprint density at radius 3 is 2.64 bits per heavy atom. The van der Waals surface area contributed by atoms with E-state index >= 15 is 0 Å². The number of hydrogen-bond donors (Lipinski definition) is 1. The van der Waals surface area contributed by atoms with Gasteiger partial charge in [0.15, 0.2) is 0 Å². The van der Waals surface area contributed by atoms with Crippen LogP contribution in [0.4, 0.5) is 4.79 Å². The van der Waals surface area contributed by atoms with Crippen LogP contribution < -0.4 is 10.1 Å². The fourth-order valence-electron chi connectivity index (χ4n) is 4.49. The lowest BCUT2D eigenvalue weighted by atomic mass is 9.98. The van der Waals surface area contributed by atoms with Crippen LogP contribution in [0.3, 0.4) is 0 Å². The number of benzene rings is 2. The first kappa shape index (κ1) is 25.7. The minimum Gasteiger partial charge on any atom is -0.497 e. The van der Waals surface area contributed by atoms with Crippen LogP contribution in [-0.2, 0) is 9.53 Å². The number of ether oxygens (including phenoxy) is 2. The Balaban J connectivity index is 1.54. The monoisotopic (exact) mass is 493 g/mol. The van der Waals surface area contributed by atoms with Crippen molar-refractivity contribution >= 4 is 17.6 Å². The molecule has 0 saturated carbocycles. The highest BCUT2D eigenvalue weighted by Gasteiger charge is 2.34. The van der Waals surface area contributed by atoms with Gasteiger partial charge in [0.25, 0.3) is 5.91 Å². The molecule has 2 aliphatic rings. The number of hydrazone groups is 1. The summed E-state index contributed by atoms with van der Waals surface area (Å²) >= 11 is 0. The van der Waals surface area contributed by atoms with E-state index in [2.05, 4.69) is 10.2 Å². The first-order valence-electron chi connectivity index (χ1n) is 12.5. The van der Waals surface area contributed by atoms with Crippen molar-refractivity contribution in [1.29, 1.82) is 0 Å². The molecule has 0 aliphatic carbocycles. The summed E-state index contributed by atoms with van der Waals surface area (Å²) in [6.45, 7) is 6.49. The molecule has 1 atom stereocenters. The molecule has 192 valence electrons. The van der Waals surface area contributed by atoms with E-state index in [1.807, 2.05) is 61.5 Å². The second kappa shape index (κ2) is 12.5. The second-order valence-electron chi connectivity index (χ2n) is 8.86. The predicted octanol–water partition coefficient (Wildman–Crippen LogP) is 2.74. The smallest absolute Gasteiger partial charge is 0.317 e. The number of amides is 3. The van der Waals surface area contributed by atoms with Gasteiger partial charge in [0.05, 0.1) is 32.1 Å². The van der Waals surface area contributed by atoms with Crippen LogP contribution in [0.2, 0.25) is 0 Å². The average Bonchev–Trinajstić information content (AvgIpc) is 3.38. The van der Waals surface area contributed by atoms with E-state index in [0.717, 1.165) is 35.7 Å². The summed E-state index contributed by atoms with van der Waals surface area (Å²) < 4.78 is 10.8. The molecular weight excluding hydrogens is 458 g/mol. The maximum Gasteiger partial charge on any atom is 0.317 e. The van der Waals surface area contributed by atoms with Crippen molar-refractivity contribution in [3.63, 3.8) is 0 Å². The van der Waals surface area contributed by atoms with Crippen LogP contribution in [0.1, 0.15) is 30.5 Å². The summed E-state index contributed by atoms with van der Waals surface area (Å²) in [6.07, 6.45) is 0.581. The molecule has 36 heavy (non-hydrogen) atoms. The van der Waals surface area contributed by atoms with E-state index in [-0.39, 0.29) is 24.5 Å². The number of carbonyl (C=O) groups is 2. The molecule has 3 amide bonds. The zero-order valence-corrected chi connectivity index (χ0v) is 21.1. The number of nitrogens with one attached hydrogen (secondary N) is 1. The van der Waals surface area contributed by atoms with Gasteiger partial charge < -0.3 is 19.7 Å². The van der Waals surface area contributed by atoms with Gasteiger partial charge in [0.2, 0.25) is 0 Å². The van der Waals surface area contributed by atoms with Gasteiger partial charge in [-0.2, -0.15) is 5.10 Å². The molecule has 1 saturated heterocycles. The van der Waals surface area contributed by atoms with Crippen molar-refractivity contribution in [3.8, 4) is 5.75 Å². The molecule has 2 heterocycles. The first-order chi connectivity index (χ1) is 17.6. The van der Waals surface area contributed by atoms with Crippen LogP contribution in [-0.4, -0.2) is 92.1 Å². The third-order valence-electron chi connectivity index (χ3n) is 6.48. The molecule has 1 N–H and O–H groups in total. The summed E-state index contributed by atoms with van der Waals surface area (Å²) in [5, 5.41) is 9.15. The molecule has 2 aromatic rings. The molecule has 9 nitrogen and oxygen atoms in total. The van der Waals surface area contributed by atoms with Crippen molar-refractivity contribution in [1.82, 2.24) is 20.1 Å². The highest BCUT2D eigenvalue weighted by molar-refractivity contribution is 6.03. The fraction of sp³-hybridized carbons (Fsp3) is 0.444. The summed E-state index contributed by atoms with van der Waals surface area (Å²) in [5.74, 6) is 0.525. The lowest BCUT2D eigenvalue weighted by Gasteiger charge is -2.31. The van der Waals surface area contributed by atoms with Crippen LogP contribution in [0.25, 0.3) is 0 Å². The molecule has 1 fully saturated rings. The number of morpholine rings is 1. The summed E-state index contributed by atoms with van der Waals surface area (Å²) in [4.78, 5) is 30.3. The largest absolute Gasteiger partial charge is 0.497 e. The molecule has 0 aromatic heterocycles. The molecule has 0 radical (unpaired) electrons. The maximum atomic E-state index is 13.6. The van der Waals surface area contributed by atoms with Crippen molar-refractivity contribution < 1.29 is 19.1 Å². The van der Waals surface area contributed by atoms with Crippen molar-refractivity contribution in [2.75, 3.05) is 59.6 Å². The van der Waals surface area contributed by atoms with Gasteiger partial charge in [-0.25, -0.2) is 9.80 Å². The lowest BCUT2D eigenvalue weighted by molar-refractivity contribution is -0.133. The third kappa shape index (κ3) is 6.41. The van der Waals surface area contributed by atoms with Gasteiger partial charge in [-0.3, -0.25) is 9.69 Å². The summed E-state index contributed by atoms with van der Waals surface area (Å²) in [7, 11) is 1.63. The molecule has 9 heteroatoms. The van der Waals surface area contributed by atoms with Gasteiger partial charge in [-0.05, 0) is 24.6 Å². The molecule has 2 aliphatic heterocycles.